The molecule has 0 aromatic heterocycles. The smallest absolute Gasteiger partial charge is 0.284 e. The molecule has 0 atom stereocenters. The van der Waals surface area contributed by atoms with Gasteiger partial charge in [-0.25, -0.2) is 0 Å². The first-order valence-electron chi connectivity index (χ1n) is 9.00. The van der Waals surface area contributed by atoms with E-state index in [0.717, 1.165) is 23.3 Å². The number of halogens is 1. The molecule has 28 heavy (non-hydrogen) atoms. The molecule has 2 aromatic rings. The Morgan fingerprint density at radius 1 is 1.21 bits per heavy atom. The molecule has 0 radical (unpaired) electrons. The van der Waals surface area contributed by atoms with E-state index in [-0.39, 0.29) is 24.0 Å². The Bertz CT molecular complexity index is 837. The molecular formula is C20H24ClN3O3S. The van der Waals surface area contributed by atoms with E-state index in [9.17, 15) is 14.9 Å². The van der Waals surface area contributed by atoms with Crippen molar-refractivity contribution < 1.29 is 9.72 Å². The van der Waals surface area contributed by atoms with Gasteiger partial charge in [0.25, 0.3) is 11.6 Å². The lowest BCUT2D eigenvalue weighted by Crippen LogP contribution is -2.40. The van der Waals surface area contributed by atoms with Gasteiger partial charge in [-0.15, -0.1) is 12.4 Å². The van der Waals surface area contributed by atoms with Gasteiger partial charge in [-0.3, -0.25) is 14.9 Å². The van der Waals surface area contributed by atoms with E-state index in [2.05, 4.69) is 0 Å². The van der Waals surface area contributed by atoms with Gasteiger partial charge in [0.1, 0.15) is 0 Å². The number of aryl methyl sites for hydroxylation is 1. The van der Waals surface area contributed by atoms with Gasteiger partial charge in [0.2, 0.25) is 0 Å². The van der Waals surface area contributed by atoms with Crippen molar-refractivity contribution in [1.82, 2.24) is 4.90 Å². The van der Waals surface area contributed by atoms with Crippen LogP contribution < -0.4 is 5.73 Å². The number of hydrogen-bond acceptors (Lipinski definition) is 5. The van der Waals surface area contributed by atoms with Crippen molar-refractivity contribution in [2.75, 3.05) is 19.6 Å². The summed E-state index contributed by atoms with van der Waals surface area (Å²) in [6.07, 6.45) is 1.76. The number of nitro groups is 1. The van der Waals surface area contributed by atoms with Crippen molar-refractivity contribution in [3.8, 4) is 0 Å². The van der Waals surface area contributed by atoms with E-state index in [0.29, 0.717) is 36.0 Å². The Balaban J connectivity index is 0.00000280. The van der Waals surface area contributed by atoms with E-state index in [1.807, 2.05) is 31.2 Å². The van der Waals surface area contributed by atoms with Crippen LogP contribution in [0.15, 0.2) is 52.3 Å². The van der Waals surface area contributed by atoms with Crippen LogP contribution >= 0.6 is 24.2 Å². The van der Waals surface area contributed by atoms with Crippen LogP contribution in [-0.2, 0) is 0 Å². The van der Waals surface area contributed by atoms with Crippen LogP contribution in [0.3, 0.4) is 0 Å². The third-order valence-corrected chi connectivity index (χ3v) is 5.96. The molecule has 8 heteroatoms. The van der Waals surface area contributed by atoms with Crippen molar-refractivity contribution in [3.05, 3.63) is 63.7 Å². The number of nitrogens with two attached hydrogens (primary N) is 1. The van der Waals surface area contributed by atoms with Gasteiger partial charge in [-0.05, 0) is 56.5 Å². The van der Waals surface area contributed by atoms with Gasteiger partial charge >= 0.3 is 0 Å². The molecule has 0 aliphatic carbocycles. The van der Waals surface area contributed by atoms with Gasteiger partial charge in [-0.1, -0.05) is 29.5 Å². The minimum absolute atomic E-state index is 0. The van der Waals surface area contributed by atoms with Crippen molar-refractivity contribution in [3.63, 3.8) is 0 Å². The molecule has 6 nitrogen and oxygen atoms in total. The largest absolute Gasteiger partial charge is 0.339 e. The summed E-state index contributed by atoms with van der Waals surface area (Å²) in [7, 11) is 0. The first-order valence-corrected chi connectivity index (χ1v) is 9.82. The fourth-order valence-corrected chi connectivity index (χ4v) is 4.07. The topological polar surface area (TPSA) is 89.5 Å². The van der Waals surface area contributed by atoms with Crippen LogP contribution in [0.1, 0.15) is 28.8 Å². The minimum Gasteiger partial charge on any atom is -0.339 e. The maximum atomic E-state index is 12.7. The van der Waals surface area contributed by atoms with E-state index in [1.54, 1.807) is 17.0 Å². The summed E-state index contributed by atoms with van der Waals surface area (Å²) in [5.74, 6) is 0.303. The number of hydrogen-bond donors (Lipinski definition) is 1. The minimum atomic E-state index is -0.423. The fourth-order valence-electron chi connectivity index (χ4n) is 3.17. The van der Waals surface area contributed by atoms with E-state index in [1.165, 1.54) is 17.8 Å². The molecule has 1 fully saturated rings. The van der Waals surface area contributed by atoms with Crippen LogP contribution in [0.5, 0.6) is 0 Å². The van der Waals surface area contributed by atoms with Crippen molar-refractivity contribution in [2.24, 2.45) is 11.7 Å². The monoisotopic (exact) mass is 421 g/mol. The molecule has 1 heterocycles. The summed E-state index contributed by atoms with van der Waals surface area (Å²) in [6, 6.07) is 12.6. The summed E-state index contributed by atoms with van der Waals surface area (Å²) in [4.78, 5) is 27.1. The Kier molecular flexibility index (Phi) is 7.86. The Labute approximate surface area is 175 Å². The Hall–Kier alpha value is -2.09. The Morgan fingerprint density at radius 2 is 1.86 bits per heavy atom. The number of rotatable bonds is 5. The second kappa shape index (κ2) is 9.91. The van der Waals surface area contributed by atoms with E-state index in [4.69, 9.17) is 5.73 Å². The fraction of sp³-hybridized carbons (Fsp3) is 0.350. The van der Waals surface area contributed by atoms with Gasteiger partial charge < -0.3 is 10.6 Å². The predicted molar refractivity (Wildman–Crippen MR) is 113 cm³/mol. The number of piperidine rings is 1. The highest BCUT2D eigenvalue weighted by atomic mass is 35.5. The van der Waals surface area contributed by atoms with Crippen molar-refractivity contribution in [1.29, 1.82) is 0 Å². The average Bonchev–Trinajstić information content (AvgIpc) is 2.69. The molecule has 1 saturated heterocycles. The van der Waals surface area contributed by atoms with E-state index < -0.39 is 4.92 Å². The molecule has 0 bridgehead atoms. The SMILES string of the molecule is Cc1ccc(Sc2ccc(C(=O)N3CCC(CN)CC3)cc2[N+](=O)[O-])cc1.Cl. The maximum Gasteiger partial charge on any atom is 0.284 e. The number of benzene rings is 2. The number of amides is 1. The first-order chi connectivity index (χ1) is 13.0. The van der Waals surface area contributed by atoms with Crippen molar-refractivity contribution in [2.45, 2.75) is 29.6 Å². The zero-order chi connectivity index (χ0) is 19.4. The number of carbonyl (C=O) groups is 1. The third-order valence-electron chi connectivity index (χ3n) is 4.89. The van der Waals surface area contributed by atoms with Gasteiger partial charge in [-0.2, -0.15) is 0 Å². The van der Waals surface area contributed by atoms with Crippen LogP contribution in [-0.4, -0.2) is 35.4 Å². The normalized spacial score (nSPS) is 14.4. The number of carbonyl (C=O) groups excluding carboxylic acids is 1. The second-order valence-electron chi connectivity index (χ2n) is 6.83. The molecule has 2 N–H and O–H groups in total. The van der Waals surface area contributed by atoms with E-state index >= 15 is 0 Å². The number of nitro benzene ring substituents is 1. The van der Waals surface area contributed by atoms with Crippen LogP contribution in [0.2, 0.25) is 0 Å². The van der Waals surface area contributed by atoms with Crippen LogP contribution in [0.4, 0.5) is 5.69 Å². The molecule has 1 aliphatic rings. The lowest BCUT2D eigenvalue weighted by atomic mass is 9.96. The zero-order valence-electron chi connectivity index (χ0n) is 15.7. The quantitative estimate of drug-likeness (QED) is 0.574. The Morgan fingerprint density at radius 3 is 2.43 bits per heavy atom. The van der Waals surface area contributed by atoms with Crippen molar-refractivity contribution >= 4 is 35.8 Å². The lowest BCUT2D eigenvalue weighted by molar-refractivity contribution is -0.387. The maximum absolute atomic E-state index is 12.7. The van der Waals surface area contributed by atoms with Crippen LogP contribution in [0, 0.1) is 23.0 Å². The molecule has 0 saturated carbocycles. The number of likely N-dealkylation sites (tertiary alicyclic amines) is 1. The average molecular weight is 422 g/mol. The van der Waals surface area contributed by atoms with Gasteiger partial charge in [0.05, 0.1) is 9.82 Å². The van der Waals surface area contributed by atoms with Gasteiger partial charge in [0.15, 0.2) is 0 Å². The first kappa shape index (κ1) is 22.2. The van der Waals surface area contributed by atoms with Gasteiger partial charge in [0, 0.05) is 29.6 Å². The molecule has 2 aromatic carbocycles. The third kappa shape index (κ3) is 5.25. The predicted octanol–water partition coefficient (Wildman–Crippen LogP) is 4.29. The molecule has 0 unspecified atom stereocenters. The number of nitrogens with zero attached hydrogens (tertiary/aromatic N) is 2. The molecule has 3 rings (SSSR count). The standard InChI is InChI=1S/C20H23N3O3S.ClH/c1-14-2-5-17(6-3-14)27-19-7-4-16(12-18(19)23(25)26)20(24)22-10-8-15(13-21)9-11-22;/h2-7,12,15H,8-11,13,21H2,1H3;1H. The molecule has 1 amide bonds. The summed E-state index contributed by atoms with van der Waals surface area (Å²) in [6.45, 7) is 3.93. The summed E-state index contributed by atoms with van der Waals surface area (Å²) >= 11 is 1.33. The highest BCUT2D eigenvalue weighted by molar-refractivity contribution is 7.99. The molecular weight excluding hydrogens is 398 g/mol. The summed E-state index contributed by atoms with van der Waals surface area (Å²) in [5, 5.41) is 11.6. The zero-order valence-corrected chi connectivity index (χ0v) is 17.3. The molecule has 0 spiro atoms. The molecule has 1 aliphatic heterocycles. The highest BCUT2D eigenvalue weighted by Gasteiger charge is 2.25. The summed E-state index contributed by atoms with van der Waals surface area (Å²) < 4.78 is 0. The second-order valence-corrected chi connectivity index (χ2v) is 7.94. The highest BCUT2D eigenvalue weighted by Crippen LogP contribution is 2.35. The molecule has 150 valence electrons. The lowest BCUT2D eigenvalue weighted by Gasteiger charge is -2.31. The van der Waals surface area contributed by atoms with Crippen LogP contribution in [0.25, 0.3) is 0 Å². The summed E-state index contributed by atoms with van der Waals surface area (Å²) in [5.41, 5.74) is 7.15.